The second-order valence-corrected chi connectivity index (χ2v) is 7.61. The fraction of sp³-hybridized carbons (Fsp3) is 0.304. The number of aromatic amines is 1. The van der Waals surface area contributed by atoms with Crippen LogP contribution in [0.3, 0.4) is 0 Å². The molecule has 29 heavy (non-hydrogen) atoms. The average molecular weight is 391 g/mol. The molecule has 1 atom stereocenters. The molecule has 0 radical (unpaired) electrons. The molecule has 1 amide bonds. The third-order valence-corrected chi connectivity index (χ3v) is 5.21. The number of hydrogen-bond acceptors (Lipinski definition) is 4. The zero-order chi connectivity index (χ0) is 20.5. The second kappa shape index (κ2) is 7.62. The Labute approximate surface area is 170 Å². The van der Waals surface area contributed by atoms with Gasteiger partial charge in [-0.1, -0.05) is 26.0 Å². The van der Waals surface area contributed by atoms with Gasteiger partial charge in [-0.05, 0) is 54.3 Å². The Balaban J connectivity index is 1.87. The topological polar surface area (TPSA) is 67.5 Å². The lowest BCUT2D eigenvalue weighted by atomic mass is 9.95. The number of methoxy groups -OCH3 is 2. The summed E-state index contributed by atoms with van der Waals surface area (Å²) in [5.41, 5.74) is 4.24. The van der Waals surface area contributed by atoms with Crippen LogP contribution in [-0.2, 0) is 6.42 Å². The first-order chi connectivity index (χ1) is 14.0. The third kappa shape index (κ3) is 3.35. The molecule has 0 aliphatic carbocycles. The maximum absolute atomic E-state index is 13.4. The molecule has 4 rings (SSSR count). The largest absolute Gasteiger partial charge is 0.497 e. The molecule has 0 fully saturated rings. The molecule has 6 nitrogen and oxygen atoms in total. The molecule has 0 spiro atoms. The molecule has 1 aliphatic rings. The first-order valence-corrected chi connectivity index (χ1v) is 9.72. The smallest absolute Gasteiger partial charge is 0.279 e. The Morgan fingerprint density at radius 1 is 1.07 bits per heavy atom. The van der Waals surface area contributed by atoms with Crippen LogP contribution >= 0.6 is 0 Å². The van der Waals surface area contributed by atoms with Crippen molar-refractivity contribution in [3.05, 3.63) is 71.0 Å². The number of ether oxygens (including phenoxy) is 2. The van der Waals surface area contributed by atoms with E-state index in [1.54, 1.807) is 14.2 Å². The second-order valence-electron chi connectivity index (χ2n) is 7.61. The van der Waals surface area contributed by atoms with Gasteiger partial charge < -0.3 is 9.47 Å². The maximum Gasteiger partial charge on any atom is 0.279 e. The summed E-state index contributed by atoms with van der Waals surface area (Å²) in [4.78, 5) is 15.2. The van der Waals surface area contributed by atoms with Crippen LogP contribution in [0.2, 0.25) is 0 Å². The van der Waals surface area contributed by atoms with Gasteiger partial charge >= 0.3 is 0 Å². The van der Waals surface area contributed by atoms with Crippen LogP contribution in [0.1, 0.15) is 47.2 Å². The molecule has 1 N–H and O–H groups in total. The first kappa shape index (κ1) is 19.1. The van der Waals surface area contributed by atoms with E-state index in [9.17, 15) is 4.79 Å². The summed E-state index contributed by atoms with van der Waals surface area (Å²) in [6.07, 6.45) is 0.826. The predicted molar refractivity (Wildman–Crippen MR) is 112 cm³/mol. The zero-order valence-corrected chi connectivity index (χ0v) is 17.1. The summed E-state index contributed by atoms with van der Waals surface area (Å²) in [5, 5.41) is 7.49. The van der Waals surface area contributed by atoms with Gasteiger partial charge in [0.2, 0.25) is 0 Å². The number of rotatable bonds is 6. The highest BCUT2D eigenvalue weighted by molar-refractivity contribution is 6.10. The van der Waals surface area contributed by atoms with Crippen LogP contribution in [0, 0.1) is 5.92 Å². The standard InChI is InChI=1S/C23H25N3O3/c1-14(2)12-19-20-21(25-24-19)23(27)26(16-8-10-17(28-3)11-9-16)22(20)15-6-5-7-18(13-15)29-4/h5-11,13-14,22H,12H2,1-4H3,(H,24,25). The fourth-order valence-corrected chi connectivity index (χ4v) is 3.91. The van der Waals surface area contributed by atoms with E-state index in [1.807, 2.05) is 53.4 Å². The van der Waals surface area contributed by atoms with Crippen molar-refractivity contribution in [3.63, 3.8) is 0 Å². The zero-order valence-electron chi connectivity index (χ0n) is 17.1. The summed E-state index contributed by atoms with van der Waals surface area (Å²) in [6.45, 7) is 4.32. The van der Waals surface area contributed by atoms with E-state index in [1.165, 1.54) is 0 Å². The van der Waals surface area contributed by atoms with Gasteiger partial charge in [0.05, 0.1) is 20.3 Å². The number of amides is 1. The molecular weight excluding hydrogens is 366 g/mol. The predicted octanol–water partition coefficient (Wildman–Crippen LogP) is 4.38. The average Bonchev–Trinajstić information content (AvgIpc) is 3.26. The monoisotopic (exact) mass is 391 g/mol. The van der Waals surface area contributed by atoms with E-state index in [-0.39, 0.29) is 11.9 Å². The van der Waals surface area contributed by atoms with Crippen LogP contribution in [0.25, 0.3) is 0 Å². The van der Waals surface area contributed by atoms with E-state index in [0.29, 0.717) is 11.6 Å². The minimum absolute atomic E-state index is 0.107. The van der Waals surface area contributed by atoms with Crippen LogP contribution < -0.4 is 14.4 Å². The highest BCUT2D eigenvalue weighted by atomic mass is 16.5. The lowest BCUT2D eigenvalue weighted by molar-refractivity contribution is 0.0988. The molecule has 1 aliphatic heterocycles. The molecule has 0 saturated heterocycles. The minimum atomic E-state index is -0.270. The summed E-state index contributed by atoms with van der Waals surface area (Å²) in [6, 6.07) is 15.1. The van der Waals surface area contributed by atoms with Gasteiger partial charge in [0.15, 0.2) is 5.69 Å². The number of carbonyl (C=O) groups excluding carboxylic acids is 1. The maximum atomic E-state index is 13.4. The van der Waals surface area contributed by atoms with E-state index >= 15 is 0 Å². The lowest BCUT2D eigenvalue weighted by Gasteiger charge is -2.27. The van der Waals surface area contributed by atoms with E-state index < -0.39 is 0 Å². The van der Waals surface area contributed by atoms with Crippen LogP contribution in [-0.4, -0.2) is 30.3 Å². The van der Waals surface area contributed by atoms with Crippen molar-refractivity contribution in [2.24, 2.45) is 5.92 Å². The molecule has 0 bridgehead atoms. The van der Waals surface area contributed by atoms with Crippen molar-refractivity contribution in [1.29, 1.82) is 0 Å². The molecule has 3 aromatic rings. The van der Waals surface area contributed by atoms with Crippen molar-refractivity contribution in [2.45, 2.75) is 26.3 Å². The Bertz CT molecular complexity index is 1020. The van der Waals surface area contributed by atoms with E-state index in [2.05, 4.69) is 24.0 Å². The molecular formula is C23H25N3O3. The van der Waals surface area contributed by atoms with Gasteiger partial charge in [-0.3, -0.25) is 14.8 Å². The molecule has 6 heteroatoms. The Morgan fingerprint density at radius 3 is 2.45 bits per heavy atom. The van der Waals surface area contributed by atoms with Gasteiger partial charge in [-0.25, -0.2) is 0 Å². The molecule has 1 unspecified atom stereocenters. The number of nitrogens with one attached hydrogen (secondary N) is 1. The van der Waals surface area contributed by atoms with Crippen molar-refractivity contribution < 1.29 is 14.3 Å². The fourth-order valence-electron chi connectivity index (χ4n) is 3.91. The van der Waals surface area contributed by atoms with Crippen molar-refractivity contribution in [3.8, 4) is 11.5 Å². The Morgan fingerprint density at radius 2 is 1.79 bits per heavy atom. The Kier molecular flexibility index (Phi) is 5.01. The summed E-state index contributed by atoms with van der Waals surface area (Å²) < 4.78 is 10.7. The molecule has 150 valence electrons. The highest BCUT2D eigenvalue weighted by Gasteiger charge is 2.43. The van der Waals surface area contributed by atoms with Crippen molar-refractivity contribution >= 4 is 11.6 Å². The van der Waals surface area contributed by atoms with Crippen molar-refractivity contribution in [1.82, 2.24) is 10.2 Å². The van der Waals surface area contributed by atoms with Gasteiger partial charge in [0, 0.05) is 16.9 Å². The number of H-pyrrole nitrogens is 1. The van der Waals surface area contributed by atoms with E-state index in [0.717, 1.165) is 40.4 Å². The van der Waals surface area contributed by atoms with Crippen LogP contribution in [0.5, 0.6) is 11.5 Å². The number of aromatic nitrogens is 2. The van der Waals surface area contributed by atoms with Gasteiger partial charge in [-0.15, -0.1) is 0 Å². The quantitative estimate of drug-likeness (QED) is 0.677. The summed E-state index contributed by atoms with van der Waals surface area (Å²) in [5.74, 6) is 1.84. The number of benzene rings is 2. The van der Waals surface area contributed by atoms with Crippen LogP contribution in [0.15, 0.2) is 48.5 Å². The molecule has 2 heterocycles. The van der Waals surface area contributed by atoms with E-state index in [4.69, 9.17) is 9.47 Å². The lowest BCUT2D eigenvalue weighted by Crippen LogP contribution is -2.29. The minimum Gasteiger partial charge on any atom is -0.497 e. The Hall–Kier alpha value is -3.28. The molecule has 0 saturated carbocycles. The normalized spacial score (nSPS) is 15.7. The summed E-state index contributed by atoms with van der Waals surface area (Å²) in [7, 11) is 3.27. The number of hydrogen-bond donors (Lipinski definition) is 1. The van der Waals surface area contributed by atoms with Crippen molar-refractivity contribution in [2.75, 3.05) is 19.1 Å². The summed E-state index contributed by atoms with van der Waals surface area (Å²) >= 11 is 0. The highest BCUT2D eigenvalue weighted by Crippen LogP contribution is 2.43. The third-order valence-electron chi connectivity index (χ3n) is 5.21. The first-order valence-electron chi connectivity index (χ1n) is 9.72. The number of fused-ring (bicyclic) bond motifs is 1. The van der Waals surface area contributed by atoms with Gasteiger partial charge in [-0.2, -0.15) is 5.10 Å². The number of nitrogens with zero attached hydrogens (tertiary/aromatic N) is 2. The number of anilines is 1. The SMILES string of the molecule is COc1ccc(N2C(=O)c3n[nH]c(CC(C)C)c3C2c2cccc(OC)c2)cc1. The molecule has 1 aromatic heterocycles. The molecule has 2 aromatic carbocycles. The van der Waals surface area contributed by atoms with Gasteiger partial charge in [0.25, 0.3) is 5.91 Å². The van der Waals surface area contributed by atoms with Gasteiger partial charge in [0.1, 0.15) is 11.5 Å². The van der Waals surface area contributed by atoms with Crippen LogP contribution in [0.4, 0.5) is 5.69 Å². The number of carbonyl (C=O) groups is 1.